The Balaban J connectivity index is 1.72. The van der Waals surface area contributed by atoms with Gasteiger partial charge < -0.3 is 10.1 Å². The van der Waals surface area contributed by atoms with Crippen LogP contribution in [0.5, 0.6) is 0 Å². The lowest BCUT2D eigenvalue weighted by atomic mass is 9.74. The third kappa shape index (κ3) is 2.82. The first kappa shape index (κ1) is 13.8. The molecule has 1 N–H and O–H groups in total. The van der Waals surface area contributed by atoms with Crippen molar-refractivity contribution in [3.05, 3.63) is 27.2 Å². The summed E-state index contributed by atoms with van der Waals surface area (Å²) in [6, 6.07) is 3.88. The van der Waals surface area contributed by atoms with E-state index in [2.05, 4.69) is 5.32 Å². The molecule has 2 fully saturated rings. The number of hydrogen-bond donors (Lipinski definition) is 1. The molecule has 1 aliphatic heterocycles. The summed E-state index contributed by atoms with van der Waals surface area (Å²) in [6.45, 7) is 0.816. The van der Waals surface area contributed by atoms with E-state index in [-0.39, 0.29) is 5.60 Å². The molecular formula is C14H16Cl3NO. The smallest absolute Gasteiger partial charge is 0.0702 e. The maximum atomic E-state index is 6.20. The Morgan fingerprint density at radius 3 is 2.53 bits per heavy atom. The topological polar surface area (TPSA) is 21.3 Å². The molecule has 1 aromatic rings. The number of benzene rings is 1. The molecule has 1 atom stereocenters. The molecule has 104 valence electrons. The van der Waals surface area contributed by atoms with Gasteiger partial charge in [-0.25, -0.2) is 0 Å². The van der Waals surface area contributed by atoms with Gasteiger partial charge in [0, 0.05) is 12.6 Å². The third-order valence-electron chi connectivity index (χ3n) is 4.13. The Labute approximate surface area is 128 Å². The van der Waals surface area contributed by atoms with E-state index in [1.165, 1.54) is 19.3 Å². The highest BCUT2D eigenvalue weighted by Crippen LogP contribution is 2.43. The average Bonchev–Trinajstić information content (AvgIpc) is 2.34. The normalized spacial score (nSPS) is 25.1. The van der Waals surface area contributed by atoms with Crippen molar-refractivity contribution < 1.29 is 4.74 Å². The van der Waals surface area contributed by atoms with Gasteiger partial charge in [0.05, 0.1) is 26.4 Å². The fraction of sp³-hybridized carbons (Fsp3) is 0.571. The van der Waals surface area contributed by atoms with E-state index in [4.69, 9.17) is 39.5 Å². The van der Waals surface area contributed by atoms with Crippen molar-refractivity contribution in [2.45, 2.75) is 43.7 Å². The SMILES string of the molecule is Clc1cc(Cl)c(NC2CCOC3(CCC3)C2)cc1Cl. The zero-order valence-electron chi connectivity index (χ0n) is 10.5. The fourth-order valence-corrected chi connectivity index (χ4v) is 3.52. The highest BCUT2D eigenvalue weighted by Gasteiger charge is 2.42. The van der Waals surface area contributed by atoms with E-state index in [9.17, 15) is 0 Å². The number of halogens is 3. The molecule has 0 aromatic heterocycles. The number of nitrogens with one attached hydrogen (secondary N) is 1. The molecule has 0 bridgehead atoms. The van der Waals surface area contributed by atoms with Crippen molar-refractivity contribution in [2.24, 2.45) is 0 Å². The molecule has 0 radical (unpaired) electrons. The van der Waals surface area contributed by atoms with Crippen molar-refractivity contribution in [3.8, 4) is 0 Å². The van der Waals surface area contributed by atoms with E-state index in [1.807, 2.05) is 0 Å². The standard InChI is InChI=1S/C14H16Cl3NO/c15-10-6-12(17)13(7-11(10)16)18-9-2-5-19-14(8-9)3-1-4-14/h6-7,9,18H,1-5,8H2. The monoisotopic (exact) mass is 319 g/mol. The molecule has 1 aromatic carbocycles. The molecular weight excluding hydrogens is 305 g/mol. The number of ether oxygens (including phenoxy) is 1. The van der Waals surface area contributed by atoms with Gasteiger partial charge in [0.15, 0.2) is 0 Å². The van der Waals surface area contributed by atoms with Crippen LogP contribution in [0.15, 0.2) is 12.1 Å². The van der Waals surface area contributed by atoms with Crippen molar-refractivity contribution in [1.29, 1.82) is 0 Å². The predicted molar refractivity (Wildman–Crippen MR) is 80.7 cm³/mol. The van der Waals surface area contributed by atoms with E-state index < -0.39 is 0 Å². The molecule has 3 rings (SSSR count). The van der Waals surface area contributed by atoms with Crippen molar-refractivity contribution >= 4 is 40.5 Å². The van der Waals surface area contributed by atoms with Crippen LogP contribution in [-0.2, 0) is 4.74 Å². The van der Waals surface area contributed by atoms with Crippen LogP contribution in [0, 0.1) is 0 Å². The van der Waals surface area contributed by atoms with E-state index in [1.54, 1.807) is 12.1 Å². The molecule has 2 aliphatic rings. The summed E-state index contributed by atoms with van der Waals surface area (Å²) in [5.74, 6) is 0. The summed E-state index contributed by atoms with van der Waals surface area (Å²) in [4.78, 5) is 0. The summed E-state index contributed by atoms with van der Waals surface area (Å²) in [5, 5.41) is 5.11. The molecule has 0 amide bonds. The Bertz CT molecular complexity index is 488. The largest absolute Gasteiger partial charge is 0.381 e. The van der Waals surface area contributed by atoms with E-state index in [0.717, 1.165) is 25.1 Å². The van der Waals surface area contributed by atoms with Gasteiger partial charge in [-0.2, -0.15) is 0 Å². The van der Waals surface area contributed by atoms with Crippen LogP contribution in [0.25, 0.3) is 0 Å². The van der Waals surface area contributed by atoms with Crippen LogP contribution in [0.1, 0.15) is 32.1 Å². The first-order chi connectivity index (χ1) is 9.08. The lowest BCUT2D eigenvalue weighted by Gasteiger charge is -2.47. The van der Waals surface area contributed by atoms with Crippen molar-refractivity contribution in [3.63, 3.8) is 0 Å². The van der Waals surface area contributed by atoms with Gasteiger partial charge in [-0.1, -0.05) is 34.8 Å². The van der Waals surface area contributed by atoms with E-state index >= 15 is 0 Å². The zero-order chi connectivity index (χ0) is 13.5. The molecule has 1 saturated carbocycles. The van der Waals surface area contributed by atoms with Crippen LogP contribution in [0.2, 0.25) is 15.1 Å². The van der Waals surface area contributed by atoms with Gasteiger partial charge in [-0.15, -0.1) is 0 Å². The number of rotatable bonds is 2. The molecule has 1 aliphatic carbocycles. The van der Waals surface area contributed by atoms with Crippen LogP contribution in [0.4, 0.5) is 5.69 Å². The molecule has 1 unspecified atom stereocenters. The summed E-state index contributed by atoms with van der Waals surface area (Å²) in [5.41, 5.74) is 0.982. The summed E-state index contributed by atoms with van der Waals surface area (Å²) < 4.78 is 5.92. The minimum absolute atomic E-state index is 0.124. The summed E-state index contributed by atoms with van der Waals surface area (Å²) >= 11 is 18.2. The second kappa shape index (κ2) is 5.33. The highest BCUT2D eigenvalue weighted by atomic mass is 35.5. The van der Waals surface area contributed by atoms with Crippen molar-refractivity contribution in [2.75, 3.05) is 11.9 Å². The quantitative estimate of drug-likeness (QED) is 0.760. The maximum Gasteiger partial charge on any atom is 0.0702 e. The third-order valence-corrected chi connectivity index (χ3v) is 5.16. The number of anilines is 1. The molecule has 5 heteroatoms. The lowest BCUT2D eigenvalue weighted by Crippen LogP contribution is -2.49. The highest BCUT2D eigenvalue weighted by molar-refractivity contribution is 6.44. The molecule has 1 saturated heterocycles. The molecule has 1 spiro atoms. The summed E-state index contributed by atoms with van der Waals surface area (Å²) in [7, 11) is 0. The first-order valence-electron chi connectivity index (χ1n) is 6.63. The summed E-state index contributed by atoms with van der Waals surface area (Å²) in [6.07, 6.45) is 5.68. The lowest BCUT2D eigenvalue weighted by molar-refractivity contribution is -0.130. The average molecular weight is 321 g/mol. The van der Waals surface area contributed by atoms with Gasteiger partial charge in [0.1, 0.15) is 0 Å². The molecule has 19 heavy (non-hydrogen) atoms. The fourth-order valence-electron chi connectivity index (χ4n) is 2.92. The maximum absolute atomic E-state index is 6.20. The Morgan fingerprint density at radius 1 is 1.11 bits per heavy atom. The minimum Gasteiger partial charge on any atom is -0.381 e. The van der Waals surface area contributed by atoms with Crippen LogP contribution in [-0.4, -0.2) is 18.2 Å². The molecule has 1 heterocycles. The Hall–Kier alpha value is -0.150. The van der Waals surface area contributed by atoms with Gasteiger partial charge in [-0.3, -0.25) is 0 Å². The zero-order valence-corrected chi connectivity index (χ0v) is 12.8. The van der Waals surface area contributed by atoms with Crippen LogP contribution in [0.3, 0.4) is 0 Å². The number of hydrogen-bond acceptors (Lipinski definition) is 2. The Kier molecular flexibility index (Phi) is 3.87. The van der Waals surface area contributed by atoms with Crippen LogP contribution < -0.4 is 5.32 Å². The second-order valence-corrected chi connectivity index (χ2v) is 6.69. The van der Waals surface area contributed by atoms with Gasteiger partial charge >= 0.3 is 0 Å². The van der Waals surface area contributed by atoms with Gasteiger partial charge in [0.2, 0.25) is 0 Å². The Morgan fingerprint density at radius 2 is 1.84 bits per heavy atom. The van der Waals surface area contributed by atoms with E-state index in [0.29, 0.717) is 21.1 Å². The minimum atomic E-state index is 0.124. The van der Waals surface area contributed by atoms with Gasteiger partial charge in [0.25, 0.3) is 0 Å². The van der Waals surface area contributed by atoms with Crippen LogP contribution >= 0.6 is 34.8 Å². The first-order valence-corrected chi connectivity index (χ1v) is 7.76. The van der Waals surface area contributed by atoms with Crippen molar-refractivity contribution in [1.82, 2.24) is 0 Å². The van der Waals surface area contributed by atoms with Gasteiger partial charge in [-0.05, 0) is 44.2 Å². The predicted octanol–water partition coefficient (Wildman–Crippen LogP) is 5.16. The second-order valence-electron chi connectivity index (χ2n) is 5.47. The molecule has 2 nitrogen and oxygen atoms in total.